The first-order chi connectivity index (χ1) is 31.8. The fourth-order valence-corrected chi connectivity index (χ4v) is 12.1. The lowest BCUT2D eigenvalue weighted by molar-refractivity contribution is 0.0709. The molecule has 0 atom stereocenters. The van der Waals surface area contributed by atoms with E-state index >= 15 is 17.6 Å². The summed E-state index contributed by atoms with van der Waals surface area (Å²) < 4.78 is 159. The van der Waals surface area contributed by atoms with Crippen LogP contribution in [0.1, 0.15) is 20.7 Å². The second kappa shape index (κ2) is 19.1. The third kappa shape index (κ3) is 8.45. The smallest absolute Gasteiger partial charge is 0.349 e. The van der Waals surface area contributed by atoms with E-state index in [1.807, 2.05) is 0 Å². The molecule has 4 nitrogen and oxygen atoms in total. The molecule has 66 heavy (non-hydrogen) atoms. The highest BCUT2D eigenvalue weighted by molar-refractivity contribution is 7.80. The van der Waals surface area contributed by atoms with Crippen molar-refractivity contribution in [2.75, 3.05) is 0 Å². The van der Waals surface area contributed by atoms with E-state index in [2.05, 4.69) is 0 Å². The molecule has 8 rings (SSSR count). The molecule has 16 heteroatoms. The first-order valence-electron chi connectivity index (χ1n) is 19.3. The lowest BCUT2D eigenvalue weighted by atomic mass is 10.0. The minimum Gasteiger partial charge on any atom is -0.422 e. The minimum absolute atomic E-state index is 0.191. The number of carbonyl (C=O) groups excluding carboxylic acids is 2. The SMILES string of the molecule is O=C(Oc1cccc(P(c2ccccc2)c2ccccc2)c1-c1c(OC(=O)c2c(F)c(F)c(F)c(F)c2F)cccc1P(c1ccccc1)c1ccccc1)c1c(F)c(F)c(F)c(F)c1F. The summed E-state index contributed by atoms with van der Waals surface area (Å²) in [5.74, 6) is -30.1. The number of ether oxygens (including phenoxy) is 2. The summed E-state index contributed by atoms with van der Waals surface area (Å²) in [5, 5.41) is 3.09. The zero-order chi connectivity index (χ0) is 46.8. The molecule has 8 aromatic rings. The van der Waals surface area contributed by atoms with Crippen LogP contribution in [0, 0.1) is 58.2 Å². The van der Waals surface area contributed by atoms with Gasteiger partial charge in [0.25, 0.3) is 0 Å². The van der Waals surface area contributed by atoms with Crippen molar-refractivity contribution in [3.63, 3.8) is 0 Å². The summed E-state index contributed by atoms with van der Waals surface area (Å²) >= 11 is 0. The number of rotatable bonds is 11. The molecule has 0 heterocycles. The van der Waals surface area contributed by atoms with Gasteiger partial charge in [-0.15, -0.1) is 0 Å². The Morgan fingerprint density at radius 3 is 0.803 bits per heavy atom. The van der Waals surface area contributed by atoms with Crippen molar-refractivity contribution in [2.24, 2.45) is 0 Å². The summed E-state index contributed by atoms with van der Waals surface area (Å²) in [6.07, 6.45) is 0. The molecule has 0 saturated heterocycles. The van der Waals surface area contributed by atoms with Crippen molar-refractivity contribution in [1.29, 1.82) is 0 Å². The van der Waals surface area contributed by atoms with Gasteiger partial charge in [-0.25, -0.2) is 53.5 Å². The van der Waals surface area contributed by atoms with Gasteiger partial charge in [0, 0.05) is 11.1 Å². The molecule has 0 saturated carbocycles. The summed E-state index contributed by atoms with van der Waals surface area (Å²) in [6, 6.07) is 43.2. The normalized spacial score (nSPS) is 11.3. The van der Waals surface area contributed by atoms with Gasteiger partial charge in [-0.3, -0.25) is 0 Å². The number of hydrogen-bond donors (Lipinski definition) is 0. The zero-order valence-corrected chi connectivity index (χ0v) is 35.1. The number of esters is 2. The Hall–Kier alpha value is -7.14. The van der Waals surface area contributed by atoms with Crippen LogP contribution in [0.2, 0.25) is 0 Å². The summed E-state index contributed by atoms with van der Waals surface area (Å²) in [5.41, 5.74) is -4.27. The van der Waals surface area contributed by atoms with Gasteiger partial charge in [-0.2, -0.15) is 0 Å². The molecule has 0 aliphatic rings. The van der Waals surface area contributed by atoms with Gasteiger partial charge in [-0.05, 0) is 59.8 Å². The lowest BCUT2D eigenvalue weighted by Crippen LogP contribution is -2.27. The van der Waals surface area contributed by atoms with Crippen LogP contribution < -0.4 is 41.3 Å². The van der Waals surface area contributed by atoms with Gasteiger partial charge in [0.1, 0.15) is 22.6 Å². The zero-order valence-electron chi connectivity index (χ0n) is 33.3. The Kier molecular flexibility index (Phi) is 13.2. The van der Waals surface area contributed by atoms with Crippen LogP contribution in [0.3, 0.4) is 0 Å². The third-order valence-corrected chi connectivity index (χ3v) is 15.0. The second-order valence-corrected chi connectivity index (χ2v) is 18.4. The number of halogens is 10. The maximum absolute atomic E-state index is 15.3. The Balaban J connectivity index is 1.49. The van der Waals surface area contributed by atoms with Crippen LogP contribution in [0.25, 0.3) is 11.1 Å². The Morgan fingerprint density at radius 1 is 0.303 bits per heavy atom. The summed E-state index contributed by atoms with van der Waals surface area (Å²) in [4.78, 5) is 27.9. The molecular weight excluding hydrogens is 916 g/mol. The molecule has 0 fully saturated rings. The van der Waals surface area contributed by atoms with E-state index in [0.29, 0.717) is 21.2 Å². The van der Waals surface area contributed by atoms with Gasteiger partial charge >= 0.3 is 11.9 Å². The molecule has 0 unspecified atom stereocenters. The molecule has 0 spiro atoms. The molecule has 0 radical (unpaired) electrons. The molecule has 330 valence electrons. The fraction of sp³-hybridized carbons (Fsp3) is 0. The average Bonchev–Trinajstić information content (AvgIpc) is 3.33. The molecule has 0 aliphatic carbocycles. The fourth-order valence-electron chi connectivity index (χ4n) is 7.12. The molecule has 0 aromatic heterocycles. The van der Waals surface area contributed by atoms with E-state index in [9.17, 15) is 35.9 Å². The van der Waals surface area contributed by atoms with Crippen LogP contribution in [-0.2, 0) is 0 Å². The van der Waals surface area contributed by atoms with Gasteiger partial charge in [-0.1, -0.05) is 146 Å². The third-order valence-electron chi connectivity index (χ3n) is 10.0. The molecule has 0 amide bonds. The Labute approximate surface area is 371 Å². The highest BCUT2D eigenvalue weighted by Crippen LogP contribution is 2.47. The van der Waals surface area contributed by atoms with Gasteiger partial charge < -0.3 is 9.47 Å². The molecule has 8 aromatic carbocycles. The van der Waals surface area contributed by atoms with E-state index in [0.717, 1.165) is 12.1 Å². The standard InChI is InChI=1S/C50H26F10O4P2/c51-39-37(40(52)44(56)47(59)43(39)55)49(61)63-31-23-13-25-33(65(27-15-5-1-6-16-27)28-17-7-2-8-18-28)35(31)36-32(64-50(62)38-41(53)45(57)48(60)46(58)42(38)54)24-14-26-34(36)66(29-19-9-3-10-20-29)30-21-11-4-12-22-30/h1-26H. The second-order valence-electron chi connectivity index (χ2n) is 14.0. The molecular formula is C50H26F10O4P2. The van der Waals surface area contributed by atoms with Crippen molar-refractivity contribution in [3.05, 3.63) is 227 Å². The Morgan fingerprint density at radius 2 is 0.545 bits per heavy atom. The molecule has 0 bridgehead atoms. The maximum Gasteiger partial charge on any atom is 0.349 e. The van der Waals surface area contributed by atoms with Crippen LogP contribution in [0.15, 0.2) is 158 Å². The molecule has 0 N–H and O–H groups in total. The number of benzene rings is 8. The summed E-state index contributed by atoms with van der Waals surface area (Å²) in [6.45, 7) is 0. The van der Waals surface area contributed by atoms with E-state index in [4.69, 9.17) is 9.47 Å². The largest absolute Gasteiger partial charge is 0.422 e. The van der Waals surface area contributed by atoms with Gasteiger partial charge in [0.05, 0.1) is 0 Å². The van der Waals surface area contributed by atoms with Crippen LogP contribution in [0.5, 0.6) is 11.5 Å². The monoisotopic (exact) mass is 942 g/mol. The average molecular weight is 943 g/mol. The highest BCUT2D eigenvalue weighted by atomic mass is 31.1. The minimum atomic E-state index is -2.54. The summed E-state index contributed by atoms with van der Waals surface area (Å²) in [7, 11) is -3.71. The lowest BCUT2D eigenvalue weighted by Gasteiger charge is -2.28. The van der Waals surface area contributed by atoms with Crippen LogP contribution in [0.4, 0.5) is 43.9 Å². The quantitative estimate of drug-likeness (QED) is 0.0324. The number of hydrogen-bond acceptors (Lipinski definition) is 4. The maximum atomic E-state index is 15.3. The predicted molar refractivity (Wildman–Crippen MR) is 232 cm³/mol. The van der Waals surface area contributed by atoms with Gasteiger partial charge in [0.15, 0.2) is 46.5 Å². The van der Waals surface area contributed by atoms with Crippen molar-refractivity contribution < 1.29 is 63.0 Å². The van der Waals surface area contributed by atoms with Crippen molar-refractivity contribution in [2.45, 2.75) is 0 Å². The van der Waals surface area contributed by atoms with E-state index in [1.54, 1.807) is 133 Å². The van der Waals surface area contributed by atoms with E-state index in [1.165, 1.54) is 12.1 Å². The van der Waals surface area contributed by atoms with Crippen LogP contribution >= 0.6 is 15.8 Å². The van der Waals surface area contributed by atoms with Crippen molar-refractivity contribution in [3.8, 4) is 22.6 Å². The van der Waals surface area contributed by atoms with Crippen molar-refractivity contribution >= 4 is 59.6 Å². The number of carbonyl (C=O) groups is 2. The van der Waals surface area contributed by atoms with Gasteiger partial charge in [0.2, 0.25) is 11.6 Å². The molecule has 0 aliphatic heterocycles. The highest BCUT2D eigenvalue weighted by Gasteiger charge is 2.36. The van der Waals surface area contributed by atoms with Crippen LogP contribution in [-0.4, -0.2) is 11.9 Å². The predicted octanol–water partition coefficient (Wildman–Crippen LogP) is 10.7. The first-order valence-corrected chi connectivity index (χ1v) is 22.0. The van der Waals surface area contributed by atoms with Crippen molar-refractivity contribution in [1.82, 2.24) is 0 Å². The van der Waals surface area contributed by atoms with E-state index in [-0.39, 0.29) is 21.7 Å². The topological polar surface area (TPSA) is 52.6 Å². The first kappa shape index (κ1) is 45.4. The Bertz CT molecular complexity index is 2800. The van der Waals surface area contributed by atoms with E-state index < -0.39 is 109 Å².